The van der Waals surface area contributed by atoms with E-state index in [0.29, 0.717) is 12.6 Å². The van der Waals surface area contributed by atoms with E-state index < -0.39 is 0 Å². The predicted molar refractivity (Wildman–Crippen MR) is 47.4 cm³/mol. The molecule has 12 heavy (non-hydrogen) atoms. The van der Waals surface area contributed by atoms with Gasteiger partial charge in [-0.1, -0.05) is 0 Å². The van der Waals surface area contributed by atoms with Gasteiger partial charge in [0.15, 0.2) is 0 Å². The van der Waals surface area contributed by atoms with Crippen LogP contribution in [0.2, 0.25) is 0 Å². The van der Waals surface area contributed by atoms with E-state index in [1.165, 1.54) is 0 Å². The highest BCUT2D eigenvalue weighted by Gasteiger charge is 1.97. The van der Waals surface area contributed by atoms with Crippen molar-refractivity contribution in [2.75, 3.05) is 6.54 Å². The summed E-state index contributed by atoms with van der Waals surface area (Å²) in [7, 11) is 0. The van der Waals surface area contributed by atoms with Gasteiger partial charge in [0.25, 0.3) is 0 Å². The lowest BCUT2D eigenvalue weighted by Crippen LogP contribution is -2.32. The van der Waals surface area contributed by atoms with Gasteiger partial charge in [-0.15, -0.1) is 0 Å². The minimum atomic E-state index is 0.326. The van der Waals surface area contributed by atoms with Crippen LogP contribution in [0.1, 0.15) is 12.6 Å². The molecule has 0 saturated heterocycles. The highest BCUT2D eigenvalue weighted by atomic mass is 14.9. The molecule has 0 aliphatic heterocycles. The lowest BCUT2D eigenvalue weighted by atomic mass is 10.3. The molecule has 4 heteroatoms. The molecule has 0 amide bonds. The van der Waals surface area contributed by atoms with E-state index in [0.717, 1.165) is 12.2 Å². The van der Waals surface area contributed by atoms with Crippen LogP contribution in [0.5, 0.6) is 0 Å². The zero-order chi connectivity index (χ0) is 8.81. The molecule has 3 N–H and O–H groups in total. The van der Waals surface area contributed by atoms with E-state index in [1.54, 1.807) is 18.6 Å². The topological polar surface area (TPSA) is 63.8 Å². The van der Waals surface area contributed by atoms with Crippen LogP contribution in [0, 0.1) is 0 Å². The first-order valence-corrected chi connectivity index (χ1v) is 4.01. The van der Waals surface area contributed by atoms with Gasteiger partial charge in [-0.2, -0.15) is 0 Å². The third kappa shape index (κ3) is 2.94. The average Bonchev–Trinajstić information content (AvgIpc) is 2.16. The Labute approximate surface area is 72.2 Å². The largest absolute Gasteiger partial charge is 0.329 e. The third-order valence-corrected chi connectivity index (χ3v) is 1.60. The summed E-state index contributed by atoms with van der Waals surface area (Å²) in [5.41, 5.74) is 6.38. The van der Waals surface area contributed by atoms with Crippen LogP contribution in [0.4, 0.5) is 0 Å². The van der Waals surface area contributed by atoms with Crippen LogP contribution >= 0.6 is 0 Å². The molecule has 66 valence electrons. The predicted octanol–water partition coefficient (Wildman–Crippen LogP) is -0.0866. The molecule has 0 radical (unpaired) electrons. The molecule has 0 aliphatic rings. The lowest BCUT2D eigenvalue weighted by Gasteiger charge is -2.09. The van der Waals surface area contributed by atoms with E-state index in [9.17, 15) is 0 Å². The number of nitrogens with one attached hydrogen (secondary N) is 1. The van der Waals surface area contributed by atoms with Gasteiger partial charge in [-0.25, -0.2) is 0 Å². The van der Waals surface area contributed by atoms with Gasteiger partial charge in [-0.05, 0) is 6.92 Å². The molecular formula is C8H14N4. The number of aromatic nitrogens is 2. The number of nitrogens with two attached hydrogens (primary N) is 1. The van der Waals surface area contributed by atoms with Gasteiger partial charge in [-0.3, -0.25) is 9.97 Å². The van der Waals surface area contributed by atoms with Gasteiger partial charge in [0, 0.05) is 37.7 Å². The second kappa shape index (κ2) is 4.79. The van der Waals surface area contributed by atoms with E-state index in [-0.39, 0.29) is 0 Å². The number of nitrogens with zero attached hydrogens (tertiary/aromatic N) is 2. The maximum Gasteiger partial charge on any atom is 0.0724 e. The van der Waals surface area contributed by atoms with Crippen LogP contribution in [-0.2, 0) is 6.54 Å². The van der Waals surface area contributed by atoms with Gasteiger partial charge >= 0.3 is 0 Å². The summed E-state index contributed by atoms with van der Waals surface area (Å²) >= 11 is 0. The van der Waals surface area contributed by atoms with Crippen molar-refractivity contribution in [3.8, 4) is 0 Å². The van der Waals surface area contributed by atoms with Gasteiger partial charge in [0.2, 0.25) is 0 Å². The molecule has 0 aromatic carbocycles. The van der Waals surface area contributed by atoms with Gasteiger partial charge < -0.3 is 11.1 Å². The van der Waals surface area contributed by atoms with E-state index in [4.69, 9.17) is 5.73 Å². The van der Waals surface area contributed by atoms with Crippen LogP contribution in [-0.4, -0.2) is 22.6 Å². The summed E-state index contributed by atoms with van der Waals surface area (Å²) in [6.07, 6.45) is 5.09. The van der Waals surface area contributed by atoms with Crippen molar-refractivity contribution in [3.63, 3.8) is 0 Å². The Morgan fingerprint density at radius 3 is 3.00 bits per heavy atom. The fourth-order valence-electron chi connectivity index (χ4n) is 0.783. The molecule has 1 aromatic heterocycles. The summed E-state index contributed by atoms with van der Waals surface area (Å²) < 4.78 is 0. The fraction of sp³-hybridized carbons (Fsp3) is 0.500. The smallest absolute Gasteiger partial charge is 0.0724 e. The highest BCUT2D eigenvalue weighted by molar-refractivity contribution is 4.93. The highest BCUT2D eigenvalue weighted by Crippen LogP contribution is 1.89. The summed E-state index contributed by atoms with van der Waals surface area (Å²) in [4.78, 5) is 8.07. The van der Waals surface area contributed by atoms with Crippen molar-refractivity contribution in [2.24, 2.45) is 5.73 Å². The minimum absolute atomic E-state index is 0.326. The Morgan fingerprint density at radius 2 is 2.42 bits per heavy atom. The quantitative estimate of drug-likeness (QED) is 0.656. The van der Waals surface area contributed by atoms with Crippen molar-refractivity contribution in [3.05, 3.63) is 24.3 Å². The van der Waals surface area contributed by atoms with Crippen LogP contribution in [0.3, 0.4) is 0 Å². The fourth-order valence-corrected chi connectivity index (χ4v) is 0.783. The summed E-state index contributed by atoms with van der Waals surface area (Å²) in [5, 5.41) is 3.22. The maximum absolute atomic E-state index is 5.44. The third-order valence-electron chi connectivity index (χ3n) is 1.60. The lowest BCUT2D eigenvalue weighted by molar-refractivity contribution is 0.549. The Hall–Kier alpha value is -1.00. The molecule has 1 aromatic rings. The Kier molecular flexibility index (Phi) is 3.63. The average molecular weight is 166 g/mol. The number of rotatable bonds is 4. The molecule has 0 spiro atoms. The van der Waals surface area contributed by atoms with Crippen molar-refractivity contribution in [2.45, 2.75) is 19.5 Å². The first-order chi connectivity index (χ1) is 5.83. The summed E-state index contributed by atoms with van der Waals surface area (Å²) in [6.45, 7) is 3.41. The minimum Gasteiger partial charge on any atom is -0.329 e. The molecule has 4 nitrogen and oxygen atoms in total. The van der Waals surface area contributed by atoms with Crippen molar-refractivity contribution < 1.29 is 0 Å². The van der Waals surface area contributed by atoms with Gasteiger partial charge in [0.1, 0.15) is 0 Å². The Bertz CT molecular complexity index is 212. The van der Waals surface area contributed by atoms with E-state index in [1.807, 2.05) is 6.92 Å². The first-order valence-electron chi connectivity index (χ1n) is 4.01. The maximum atomic E-state index is 5.44. The van der Waals surface area contributed by atoms with Crippen molar-refractivity contribution in [1.82, 2.24) is 15.3 Å². The monoisotopic (exact) mass is 166 g/mol. The summed E-state index contributed by atoms with van der Waals surface area (Å²) in [6, 6.07) is 0.326. The Morgan fingerprint density at radius 1 is 1.58 bits per heavy atom. The zero-order valence-electron chi connectivity index (χ0n) is 7.20. The molecule has 0 saturated carbocycles. The molecule has 0 bridgehead atoms. The second-order valence-corrected chi connectivity index (χ2v) is 2.71. The standard InChI is InChI=1S/C8H14N4/c1-7(4-9)12-6-8-5-10-2-3-11-8/h2-3,5,7,12H,4,6,9H2,1H3/t7-/m1/s1. The van der Waals surface area contributed by atoms with Crippen molar-refractivity contribution in [1.29, 1.82) is 0 Å². The number of hydrogen-bond donors (Lipinski definition) is 2. The Balaban J connectivity index is 2.33. The SMILES string of the molecule is C[C@H](CN)NCc1cnccn1. The second-order valence-electron chi connectivity index (χ2n) is 2.71. The first kappa shape index (κ1) is 9.09. The molecule has 1 rings (SSSR count). The molecular weight excluding hydrogens is 152 g/mol. The van der Waals surface area contributed by atoms with Crippen LogP contribution < -0.4 is 11.1 Å². The van der Waals surface area contributed by atoms with E-state index in [2.05, 4.69) is 15.3 Å². The molecule has 1 atom stereocenters. The molecule has 0 fully saturated rings. The number of hydrogen-bond acceptors (Lipinski definition) is 4. The zero-order valence-corrected chi connectivity index (χ0v) is 7.20. The van der Waals surface area contributed by atoms with Crippen molar-refractivity contribution >= 4 is 0 Å². The normalized spacial score (nSPS) is 12.8. The molecule has 0 unspecified atom stereocenters. The van der Waals surface area contributed by atoms with Crippen LogP contribution in [0.15, 0.2) is 18.6 Å². The molecule has 1 heterocycles. The molecule has 0 aliphatic carbocycles. The van der Waals surface area contributed by atoms with E-state index >= 15 is 0 Å². The van der Waals surface area contributed by atoms with Gasteiger partial charge in [0.05, 0.1) is 5.69 Å². The summed E-state index contributed by atoms with van der Waals surface area (Å²) in [5.74, 6) is 0. The van der Waals surface area contributed by atoms with Crippen LogP contribution in [0.25, 0.3) is 0 Å².